The van der Waals surface area contributed by atoms with Crippen LogP contribution in [0, 0.1) is 11.7 Å². The van der Waals surface area contributed by atoms with Gasteiger partial charge in [-0.1, -0.05) is 0 Å². The van der Waals surface area contributed by atoms with Gasteiger partial charge in [0, 0.05) is 13.1 Å². The van der Waals surface area contributed by atoms with Gasteiger partial charge in [0.1, 0.15) is 11.6 Å². The Bertz CT molecular complexity index is 517. The van der Waals surface area contributed by atoms with Gasteiger partial charge in [0.25, 0.3) is 5.91 Å². The van der Waals surface area contributed by atoms with Crippen molar-refractivity contribution in [2.45, 2.75) is 19.8 Å². The van der Waals surface area contributed by atoms with E-state index in [0.29, 0.717) is 25.4 Å². The fourth-order valence-electron chi connectivity index (χ4n) is 2.42. The minimum Gasteiger partial charge on any atom is -0.484 e. The highest BCUT2D eigenvalue weighted by Gasteiger charge is 2.29. The normalized spacial score (nSPS) is 17.9. The quantitative estimate of drug-likeness (QED) is 0.781. The number of rotatable bonds is 5. The molecule has 1 heterocycles. The summed E-state index contributed by atoms with van der Waals surface area (Å²) in [4.78, 5) is 25.5. The third kappa shape index (κ3) is 4.44. The predicted octanol–water partition coefficient (Wildman–Crippen LogP) is 2.01. The van der Waals surface area contributed by atoms with Crippen LogP contribution in [0.5, 0.6) is 5.75 Å². The molecule has 22 heavy (non-hydrogen) atoms. The molecule has 1 amide bonds. The number of esters is 1. The van der Waals surface area contributed by atoms with E-state index in [1.54, 1.807) is 11.8 Å². The Hall–Kier alpha value is -2.11. The van der Waals surface area contributed by atoms with Crippen LogP contribution in [0.2, 0.25) is 0 Å². The van der Waals surface area contributed by atoms with E-state index in [-0.39, 0.29) is 30.2 Å². The highest BCUT2D eigenvalue weighted by atomic mass is 19.1. The molecule has 1 saturated heterocycles. The molecule has 0 unspecified atom stereocenters. The first kappa shape index (κ1) is 16.3. The minimum atomic E-state index is -0.355. The van der Waals surface area contributed by atoms with Gasteiger partial charge in [-0.15, -0.1) is 0 Å². The lowest BCUT2D eigenvalue weighted by atomic mass is 9.98. The molecule has 0 N–H and O–H groups in total. The maximum absolute atomic E-state index is 12.8. The van der Waals surface area contributed by atoms with E-state index in [2.05, 4.69) is 0 Å². The van der Waals surface area contributed by atoms with Crippen LogP contribution in [-0.4, -0.2) is 43.1 Å². The molecule has 1 aliphatic rings. The molecule has 6 heteroatoms. The molecule has 120 valence electrons. The zero-order valence-corrected chi connectivity index (χ0v) is 12.6. The summed E-state index contributed by atoms with van der Waals surface area (Å²) in [6.07, 6.45) is 1.51. The molecule has 0 aliphatic carbocycles. The van der Waals surface area contributed by atoms with Crippen molar-refractivity contribution in [3.63, 3.8) is 0 Å². The number of halogens is 1. The maximum Gasteiger partial charge on any atom is 0.310 e. The SMILES string of the molecule is CCOC(=O)[C@H]1CCCN(C(=O)COc2ccc(F)cc2)C1. The lowest BCUT2D eigenvalue weighted by Crippen LogP contribution is -2.44. The van der Waals surface area contributed by atoms with Crippen molar-refractivity contribution >= 4 is 11.9 Å². The average molecular weight is 309 g/mol. The Morgan fingerprint density at radius 3 is 2.73 bits per heavy atom. The topological polar surface area (TPSA) is 55.8 Å². The molecule has 0 spiro atoms. The predicted molar refractivity (Wildman–Crippen MR) is 77.8 cm³/mol. The number of hydrogen-bond acceptors (Lipinski definition) is 4. The molecular formula is C16H20FNO4. The van der Waals surface area contributed by atoms with Crippen molar-refractivity contribution < 1.29 is 23.5 Å². The van der Waals surface area contributed by atoms with Crippen molar-refractivity contribution in [2.24, 2.45) is 5.92 Å². The van der Waals surface area contributed by atoms with Gasteiger partial charge >= 0.3 is 5.97 Å². The van der Waals surface area contributed by atoms with E-state index >= 15 is 0 Å². The zero-order valence-electron chi connectivity index (χ0n) is 12.6. The molecular weight excluding hydrogens is 289 g/mol. The summed E-state index contributed by atoms with van der Waals surface area (Å²) in [5, 5.41) is 0. The van der Waals surface area contributed by atoms with Gasteiger partial charge in [-0.05, 0) is 44.0 Å². The van der Waals surface area contributed by atoms with E-state index in [9.17, 15) is 14.0 Å². The van der Waals surface area contributed by atoms with Crippen molar-refractivity contribution in [3.8, 4) is 5.75 Å². The first-order valence-corrected chi connectivity index (χ1v) is 7.43. The summed E-state index contributed by atoms with van der Waals surface area (Å²) in [5.41, 5.74) is 0. The Kier molecular flexibility index (Phi) is 5.75. The van der Waals surface area contributed by atoms with Gasteiger partial charge in [0.2, 0.25) is 0 Å². The fourth-order valence-corrected chi connectivity index (χ4v) is 2.42. The van der Waals surface area contributed by atoms with Gasteiger partial charge in [-0.2, -0.15) is 0 Å². The van der Waals surface area contributed by atoms with E-state index in [1.807, 2.05) is 0 Å². The number of carbonyl (C=O) groups excluding carboxylic acids is 2. The Morgan fingerprint density at radius 2 is 2.05 bits per heavy atom. The minimum absolute atomic E-state index is 0.124. The largest absolute Gasteiger partial charge is 0.484 e. The fraction of sp³-hybridized carbons (Fsp3) is 0.500. The van der Waals surface area contributed by atoms with Gasteiger partial charge in [0.05, 0.1) is 12.5 Å². The van der Waals surface area contributed by atoms with Gasteiger partial charge < -0.3 is 14.4 Å². The smallest absolute Gasteiger partial charge is 0.310 e. The summed E-state index contributed by atoms with van der Waals surface area (Å²) in [7, 11) is 0. The number of ether oxygens (including phenoxy) is 2. The summed E-state index contributed by atoms with van der Waals surface area (Å²) < 4.78 is 23.1. The van der Waals surface area contributed by atoms with Crippen LogP contribution >= 0.6 is 0 Å². The van der Waals surface area contributed by atoms with Gasteiger partial charge in [-0.25, -0.2) is 4.39 Å². The van der Waals surface area contributed by atoms with Crippen molar-refractivity contribution in [1.82, 2.24) is 4.90 Å². The summed E-state index contributed by atoms with van der Waals surface area (Å²) in [5.74, 6) is -0.609. The average Bonchev–Trinajstić information content (AvgIpc) is 2.54. The van der Waals surface area contributed by atoms with Gasteiger partial charge in [0.15, 0.2) is 6.61 Å². The van der Waals surface area contributed by atoms with Crippen LogP contribution in [-0.2, 0) is 14.3 Å². The second kappa shape index (κ2) is 7.77. The number of piperidine rings is 1. The van der Waals surface area contributed by atoms with E-state index in [4.69, 9.17) is 9.47 Å². The Balaban J connectivity index is 1.83. The number of hydrogen-bond donors (Lipinski definition) is 0. The Morgan fingerprint density at radius 1 is 1.32 bits per heavy atom. The van der Waals surface area contributed by atoms with Gasteiger partial charge in [-0.3, -0.25) is 9.59 Å². The Labute approximate surface area is 129 Å². The van der Waals surface area contributed by atoms with Crippen LogP contribution in [0.4, 0.5) is 4.39 Å². The van der Waals surface area contributed by atoms with Crippen molar-refractivity contribution in [1.29, 1.82) is 0 Å². The number of likely N-dealkylation sites (tertiary alicyclic amines) is 1. The second-order valence-corrected chi connectivity index (χ2v) is 5.17. The molecule has 0 radical (unpaired) electrons. The molecule has 0 aromatic heterocycles. The first-order chi connectivity index (χ1) is 10.6. The van der Waals surface area contributed by atoms with Crippen LogP contribution in [0.1, 0.15) is 19.8 Å². The standard InChI is InChI=1S/C16H20FNO4/c1-2-21-16(20)12-4-3-9-18(10-12)15(19)11-22-14-7-5-13(17)6-8-14/h5-8,12H,2-4,9-11H2,1H3/t12-/m0/s1. The molecule has 5 nitrogen and oxygen atoms in total. The van der Waals surface area contributed by atoms with Crippen LogP contribution < -0.4 is 4.74 Å². The lowest BCUT2D eigenvalue weighted by molar-refractivity contribution is -0.151. The summed E-state index contributed by atoms with van der Waals surface area (Å²) in [6, 6.07) is 5.50. The van der Waals surface area contributed by atoms with Crippen LogP contribution in [0.15, 0.2) is 24.3 Å². The van der Waals surface area contributed by atoms with Crippen molar-refractivity contribution in [2.75, 3.05) is 26.3 Å². The molecule has 0 bridgehead atoms. The maximum atomic E-state index is 12.8. The van der Waals surface area contributed by atoms with E-state index in [0.717, 1.165) is 12.8 Å². The van der Waals surface area contributed by atoms with E-state index < -0.39 is 0 Å². The third-order valence-electron chi connectivity index (χ3n) is 3.57. The molecule has 1 aromatic carbocycles. The molecule has 0 saturated carbocycles. The van der Waals surface area contributed by atoms with Crippen LogP contribution in [0.3, 0.4) is 0 Å². The first-order valence-electron chi connectivity index (χ1n) is 7.43. The zero-order chi connectivity index (χ0) is 15.9. The van der Waals surface area contributed by atoms with Crippen LogP contribution in [0.25, 0.3) is 0 Å². The second-order valence-electron chi connectivity index (χ2n) is 5.17. The molecule has 1 fully saturated rings. The lowest BCUT2D eigenvalue weighted by Gasteiger charge is -2.31. The molecule has 1 atom stereocenters. The number of amides is 1. The number of benzene rings is 1. The number of carbonyl (C=O) groups is 2. The highest BCUT2D eigenvalue weighted by Crippen LogP contribution is 2.18. The molecule has 1 aliphatic heterocycles. The summed E-state index contributed by atoms with van der Waals surface area (Å²) >= 11 is 0. The van der Waals surface area contributed by atoms with Crippen molar-refractivity contribution in [3.05, 3.63) is 30.1 Å². The third-order valence-corrected chi connectivity index (χ3v) is 3.57. The van der Waals surface area contributed by atoms with E-state index in [1.165, 1.54) is 24.3 Å². The number of nitrogens with zero attached hydrogens (tertiary/aromatic N) is 1. The molecule has 1 aromatic rings. The summed E-state index contributed by atoms with van der Waals surface area (Å²) in [6.45, 7) is 2.96. The monoisotopic (exact) mass is 309 g/mol. The highest BCUT2D eigenvalue weighted by molar-refractivity contribution is 5.79. The molecule has 2 rings (SSSR count).